The Balaban J connectivity index is 1.73. The van der Waals surface area contributed by atoms with E-state index in [2.05, 4.69) is 13.8 Å². The molecule has 4 nitrogen and oxygen atoms in total. The van der Waals surface area contributed by atoms with Gasteiger partial charge in [-0.1, -0.05) is 20.8 Å². The second-order valence-electron chi connectivity index (χ2n) is 7.20. The maximum Gasteiger partial charge on any atom is 0.312 e. The Morgan fingerprint density at radius 1 is 1.45 bits per heavy atom. The van der Waals surface area contributed by atoms with Crippen LogP contribution in [0.5, 0.6) is 0 Å². The summed E-state index contributed by atoms with van der Waals surface area (Å²) in [7, 11) is 0. The van der Waals surface area contributed by atoms with Gasteiger partial charge < -0.3 is 9.47 Å². The Bertz CT molecular complexity index is 444. The Morgan fingerprint density at radius 3 is 2.75 bits per heavy atom. The van der Waals surface area contributed by atoms with Gasteiger partial charge in [0.15, 0.2) is 0 Å². The molecule has 6 atom stereocenters. The van der Waals surface area contributed by atoms with E-state index in [9.17, 15) is 9.59 Å². The van der Waals surface area contributed by atoms with Gasteiger partial charge in [0, 0.05) is 11.8 Å². The van der Waals surface area contributed by atoms with Crippen molar-refractivity contribution in [3.8, 4) is 0 Å². The minimum absolute atomic E-state index is 0.0719. The molecular weight excluding hydrogens is 256 g/mol. The largest absolute Gasteiger partial charge is 0.458 e. The summed E-state index contributed by atoms with van der Waals surface area (Å²) in [5, 5.41) is 0. The summed E-state index contributed by atoms with van der Waals surface area (Å²) in [6, 6.07) is 0. The maximum absolute atomic E-state index is 12.6. The van der Waals surface area contributed by atoms with Gasteiger partial charge in [-0.15, -0.1) is 0 Å². The molecular formula is C16H24O4. The van der Waals surface area contributed by atoms with Crippen molar-refractivity contribution in [2.45, 2.75) is 59.2 Å². The van der Waals surface area contributed by atoms with Gasteiger partial charge in [0.1, 0.15) is 12.2 Å². The van der Waals surface area contributed by atoms with Crippen LogP contribution in [0.25, 0.3) is 0 Å². The lowest BCUT2D eigenvalue weighted by molar-refractivity contribution is -0.174. The first-order valence-corrected chi connectivity index (χ1v) is 7.80. The molecule has 0 N–H and O–H groups in total. The lowest BCUT2D eigenvalue weighted by atomic mass is 9.77. The predicted octanol–water partition coefficient (Wildman–Crippen LogP) is 2.55. The molecule has 1 saturated heterocycles. The van der Waals surface area contributed by atoms with Crippen molar-refractivity contribution in [3.05, 3.63) is 0 Å². The first kappa shape index (κ1) is 13.9. The summed E-state index contributed by atoms with van der Waals surface area (Å²) in [6.07, 6.45) is 2.19. The topological polar surface area (TPSA) is 52.6 Å². The molecule has 3 fully saturated rings. The predicted molar refractivity (Wildman–Crippen MR) is 72.7 cm³/mol. The minimum atomic E-state index is -0.455. The second kappa shape index (κ2) is 4.47. The summed E-state index contributed by atoms with van der Waals surface area (Å²) >= 11 is 0. The monoisotopic (exact) mass is 280 g/mol. The lowest BCUT2D eigenvalue weighted by Crippen LogP contribution is -2.42. The van der Waals surface area contributed by atoms with E-state index in [0.717, 1.165) is 19.3 Å². The van der Waals surface area contributed by atoms with E-state index in [4.69, 9.17) is 9.47 Å². The first-order valence-electron chi connectivity index (χ1n) is 7.80. The third kappa shape index (κ3) is 1.73. The lowest BCUT2D eigenvalue weighted by Gasteiger charge is -2.34. The van der Waals surface area contributed by atoms with Crippen molar-refractivity contribution in [3.63, 3.8) is 0 Å². The number of rotatable bonds is 4. The molecule has 0 radical (unpaired) electrons. The third-order valence-corrected chi connectivity index (χ3v) is 6.13. The van der Waals surface area contributed by atoms with Crippen LogP contribution in [-0.2, 0) is 19.1 Å². The van der Waals surface area contributed by atoms with Gasteiger partial charge in [-0.05, 0) is 32.1 Å². The molecule has 3 aliphatic rings. The number of esters is 2. The van der Waals surface area contributed by atoms with E-state index in [1.165, 1.54) is 0 Å². The van der Waals surface area contributed by atoms with Crippen LogP contribution in [0.15, 0.2) is 0 Å². The molecule has 0 aromatic heterocycles. The zero-order valence-electron chi connectivity index (χ0n) is 12.7. The fraction of sp³-hybridized carbons (Fsp3) is 0.875. The van der Waals surface area contributed by atoms with Crippen LogP contribution in [0.1, 0.15) is 47.0 Å². The molecule has 0 aromatic rings. The molecule has 2 bridgehead atoms. The number of hydrogen-bond donors (Lipinski definition) is 0. The third-order valence-electron chi connectivity index (χ3n) is 6.13. The van der Waals surface area contributed by atoms with Gasteiger partial charge in [-0.25, -0.2) is 0 Å². The molecule has 1 heterocycles. The van der Waals surface area contributed by atoms with Crippen molar-refractivity contribution < 1.29 is 19.1 Å². The van der Waals surface area contributed by atoms with Gasteiger partial charge in [0.05, 0.1) is 11.3 Å². The minimum Gasteiger partial charge on any atom is -0.458 e. The van der Waals surface area contributed by atoms with Crippen molar-refractivity contribution in [1.29, 1.82) is 0 Å². The summed E-state index contributed by atoms with van der Waals surface area (Å²) in [5.41, 5.74) is -0.455. The first-order chi connectivity index (χ1) is 9.38. The highest BCUT2D eigenvalue weighted by atomic mass is 16.6. The quantitative estimate of drug-likeness (QED) is 0.743. The standard InChI is InChI=1S/C16H24O4/c1-5-16(4,8(2)3)15(18)20-12-9-6-10-11(7-9)14(17)19-13(10)12/h8-13H,5-7H2,1-4H3. The molecule has 0 aromatic carbocycles. The Hall–Kier alpha value is -1.06. The van der Waals surface area contributed by atoms with Crippen LogP contribution in [0, 0.1) is 29.1 Å². The number of carbonyl (C=O) groups excluding carboxylic acids is 2. The molecule has 0 spiro atoms. The zero-order valence-corrected chi connectivity index (χ0v) is 12.7. The highest BCUT2D eigenvalue weighted by Gasteiger charge is 2.63. The molecule has 6 unspecified atom stereocenters. The van der Waals surface area contributed by atoms with Gasteiger partial charge in [-0.2, -0.15) is 0 Å². The van der Waals surface area contributed by atoms with Gasteiger partial charge in [-0.3, -0.25) is 9.59 Å². The summed E-state index contributed by atoms with van der Waals surface area (Å²) in [5.74, 6) is 0.700. The molecule has 2 saturated carbocycles. The molecule has 4 heteroatoms. The van der Waals surface area contributed by atoms with Crippen LogP contribution < -0.4 is 0 Å². The van der Waals surface area contributed by atoms with Crippen molar-refractivity contribution in [1.82, 2.24) is 0 Å². The fourth-order valence-corrected chi connectivity index (χ4v) is 4.11. The average molecular weight is 280 g/mol. The average Bonchev–Trinajstić information content (AvgIpc) is 3.01. The van der Waals surface area contributed by atoms with E-state index in [1.54, 1.807) is 0 Å². The smallest absolute Gasteiger partial charge is 0.312 e. The van der Waals surface area contributed by atoms with E-state index >= 15 is 0 Å². The van der Waals surface area contributed by atoms with Crippen LogP contribution >= 0.6 is 0 Å². The normalized spacial score (nSPS) is 40.9. The van der Waals surface area contributed by atoms with Gasteiger partial charge in [0.25, 0.3) is 0 Å². The molecule has 0 amide bonds. The van der Waals surface area contributed by atoms with Crippen LogP contribution in [0.4, 0.5) is 0 Å². The SMILES string of the molecule is CCC(C)(C(=O)OC1C2CC3C(=O)OC1C3C2)C(C)C. The fourth-order valence-electron chi connectivity index (χ4n) is 4.11. The molecule has 3 rings (SSSR count). The zero-order chi connectivity index (χ0) is 14.7. The summed E-state index contributed by atoms with van der Waals surface area (Å²) < 4.78 is 11.3. The van der Waals surface area contributed by atoms with Crippen LogP contribution in [0.3, 0.4) is 0 Å². The van der Waals surface area contributed by atoms with Crippen molar-refractivity contribution in [2.24, 2.45) is 29.1 Å². The van der Waals surface area contributed by atoms with E-state index in [1.807, 2.05) is 13.8 Å². The number of carbonyl (C=O) groups is 2. The molecule has 112 valence electrons. The van der Waals surface area contributed by atoms with E-state index in [0.29, 0.717) is 5.92 Å². The number of hydrogen-bond acceptors (Lipinski definition) is 4. The van der Waals surface area contributed by atoms with Gasteiger partial charge in [0.2, 0.25) is 0 Å². The second-order valence-corrected chi connectivity index (χ2v) is 7.20. The highest BCUT2D eigenvalue weighted by Crippen LogP contribution is 2.55. The van der Waals surface area contributed by atoms with E-state index in [-0.39, 0.29) is 41.9 Å². The number of fused-ring (bicyclic) bond motifs is 1. The maximum atomic E-state index is 12.6. The summed E-state index contributed by atoms with van der Waals surface area (Å²) in [4.78, 5) is 24.3. The van der Waals surface area contributed by atoms with Crippen LogP contribution in [-0.4, -0.2) is 24.1 Å². The summed E-state index contributed by atoms with van der Waals surface area (Å²) in [6.45, 7) is 8.10. The van der Waals surface area contributed by atoms with Crippen molar-refractivity contribution >= 4 is 11.9 Å². The molecule has 20 heavy (non-hydrogen) atoms. The molecule has 2 aliphatic carbocycles. The van der Waals surface area contributed by atoms with E-state index < -0.39 is 5.41 Å². The Morgan fingerprint density at radius 2 is 2.15 bits per heavy atom. The van der Waals surface area contributed by atoms with Crippen molar-refractivity contribution in [2.75, 3.05) is 0 Å². The van der Waals surface area contributed by atoms with Crippen LogP contribution in [0.2, 0.25) is 0 Å². The molecule has 1 aliphatic heterocycles. The highest BCUT2D eigenvalue weighted by molar-refractivity contribution is 5.78. The Kier molecular flexibility index (Phi) is 3.11. The van der Waals surface area contributed by atoms with Gasteiger partial charge >= 0.3 is 11.9 Å². The Labute approximate surface area is 120 Å². The number of ether oxygens (including phenoxy) is 2.